The lowest BCUT2D eigenvalue weighted by Gasteiger charge is -2.33. The van der Waals surface area contributed by atoms with Crippen molar-refractivity contribution in [2.45, 2.75) is 48.8 Å². The first-order chi connectivity index (χ1) is 20.9. The van der Waals surface area contributed by atoms with Crippen LogP contribution in [-0.4, -0.2) is 87.1 Å². The van der Waals surface area contributed by atoms with Crippen LogP contribution in [0.25, 0.3) is 33.2 Å². The zero-order valence-electron chi connectivity index (χ0n) is 26.4. The molecule has 10 nitrogen and oxygen atoms in total. The van der Waals surface area contributed by atoms with Crippen LogP contribution in [0.1, 0.15) is 44.0 Å². The number of fused-ring (bicyclic) bond motifs is 3. The van der Waals surface area contributed by atoms with E-state index in [-0.39, 0.29) is 28.1 Å². The van der Waals surface area contributed by atoms with Gasteiger partial charge < -0.3 is 14.0 Å². The molecule has 0 spiro atoms. The molecule has 0 bridgehead atoms. The third-order valence-electron chi connectivity index (χ3n) is 8.28. The molecule has 4 aromatic heterocycles. The minimum atomic E-state index is -3.69. The summed E-state index contributed by atoms with van der Waals surface area (Å²) in [5.41, 5.74) is 5.64. The zero-order chi connectivity index (χ0) is 31.4. The molecular weight excluding hydrogens is 573 g/mol. The summed E-state index contributed by atoms with van der Waals surface area (Å²) >= 11 is 0. The Morgan fingerprint density at radius 1 is 1.07 bits per heavy atom. The number of sulfone groups is 1. The Morgan fingerprint density at radius 3 is 2.41 bits per heavy atom. The third kappa shape index (κ3) is 5.42. The second kappa shape index (κ2) is 11.4. The molecule has 1 aliphatic rings. The number of rotatable bonds is 8. The number of ether oxygens (including phenoxy) is 2. The van der Waals surface area contributed by atoms with Crippen LogP contribution in [-0.2, 0) is 26.7 Å². The summed E-state index contributed by atoms with van der Waals surface area (Å²) in [5, 5.41) is 9.21. The van der Waals surface area contributed by atoms with Gasteiger partial charge in [-0.05, 0) is 44.2 Å². The van der Waals surface area contributed by atoms with Gasteiger partial charge >= 0.3 is 0 Å². The summed E-state index contributed by atoms with van der Waals surface area (Å²) in [6.07, 6.45) is 5.97. The smallest absolute Gasteiger partial charge is 0.225 e. The lowest BCUT2D eigenvalue weighted by Crippen LogP contribution is -2.28. The van der Waals surface area contributed by atoms with Gasteiger partial charge in [0, 0.05) is 38.3 Å². The van der Waals surface area contributed by atoms with Gasteiger partial charge in [-0.25, -0.2) is 18.1 Å². The van der Waals surface area contributed by atoms with E-state index >= 15 is 0 Å². The van der Waals surface area contributed by atoms with Crippen LogP contribution >= 0.6 is 0 Å². The van der Waals surface area contributed by atoms with Crippen molar-refractivity contribution < 1.29 is 17.9 Å². The Labute approximate surface area is 260 Å². The predicted octanol–water partition coefficient (Wildman–Crippen LogP) is 1.60. The van der Waals surface area contributed by atoms with E-state index in [1.165, 1.54) is 12.5 Å². The minimum absolute atomic E-state index is 0.147. The highest BCUT2D eigenvalue weighted by Crippen LogP contribution is 2.45. The minimum Gasteiger partial charge on any atom is -0.474 e. The van der Waals surface area contributed by atoms with E-state index < -0.39 is 9.84 Å². The summed E-state index contributed by atoms with van der Waals surface area (Å²) in [4.78, 5) is 9.74. The van der Waals surface area contributed by atoms with Gasteiger partial charge in [-0.3, -0.25) is 4.98 Å². The molecule has 0 unspecified atom stereocenters. The number of hydrogen-bond acceptors (Lipinski definition) is 8. The van der Waals surface area contributed by atoms with Gasteiger partial charge in [0.05, 0.1) is 69.7 Å². The molecule has 0 aliphatic carbocycles. The first-order valence-electron chi connectivity index (χ1n) is 15.1. The highest BCUT2D eigenvalue weighted by Gasteiger charge is 2.34. The molecule has 1 fully saturated rings. The van der Waals surface area contributed by atoms with Crippen LogP contribution < -0.4 is 4.74 Å². The Balaban J connectivity index is 1.79. The highest BCUT2D eigenvalue weighted by atomic mass is 32.2. The van der Waals surface area contributed by atoms with Crippen molar-refractivity contribution in [1.82, 2.24) is 29.5 Å². The van der Waals surface area contributed by atoms with Crippen molar-refractivity contribution in [2.24, 2.45) is 13.0 Å². The average molecular weight is 610 g/mol. The van der Waals surface area contributed by atoms with Crippen molar-refractivity contribution in [3.8, 4) is 17.1 Å². The zero-order valence-corrected chi connectivity index (χ0v) is 27.2. The number of pyridine rings is 2. The molecule has 5 aromatic rings. The average Bonchev–Trinajstić information content (AvgIpc) is 3.52. The second-order valence-corrected chi connectivity index (χ2v) is 15.0. The fraction of sp³-hybridized carbons (Fsp3) is 0.400. The molecule has 1 atom stereocenters. The molecule has 0 N–H and O–H groups in total. The quantitative estimate of drug-likeness (QED) is 0.244. The first kappa shape index (κ1) is 30.4. The normalized spacial score (nSPS) is 15.8. The molecule has 6 rings (SSSR count). The van der Waals surface area contributed by atoms with E-state index in [0.717, 1.165) is 40.9 Å². The molecule has 0 radical (unpaired) electrons. The fourth-order valence-corrected chi connectivity index (χ4v) is 7.17. The molecule has 1 aromatic carbocycles. The highest BCUT2D eigenvalue weighted by molar-refractivity contribution is 7.91. The first-order valence-corrected chi connectivity index (χ1v) is 17.0. The Kier molecular flexibility index (Phi) is 7.86. The predicted molar refractivity (Wildman–Crippen MR) is 179 cm³/mol. The van der Waals surface area contributed by atoms with Gasteiger partial charge in [-0.1, -0.05) is 40.7 Å². The molecule has 14 heteroatoms. The number of aromatic nitrogens is 6. The largest absolute Gasteiger partial charge is 0.474 e. The molecule has 0 amide bonds. The van der Waals surface area contributed by atoms with E-state index in [4.69, 9.17) is 14.5 Å². The van der Waals surface area contributed by atoms with E-state index in [2.05, 4.69) is 61.6 Å². The van der Waals surface area contributed by atoms with Gasteiger partial charge in [-0.15, -0.1) is 5.10 Å². The Morgan fingerprint density at radius 2 is 1.77 bits per heavy atom. The van der Waals surface area contributed by atoms with Crippen molar-refractivity contribution in [2.75, 3.05) is 19.5 Å². The van der Waals surface area contributed by atoms with Crippen molar-refractivity contribution in [3.63, 3.8) is 0 Å². The Hall–Kier alpha value is -3.64. The number of nitrogens with zero attached hydrogens (tertiary/aromatic N) is 6. The number of hydrogen-bond donors (Lipinski definition) is 0. The molecule has 0 saturated carbocycles. The molecule has 226 valence electrons. The topological polar surface area (TPSA) is 114 Å². The second-order valence-electron chi connectivity index (χ2n) is 13.0. The summed E-state index contributed by atoms with van der Waals surface area (Å²) in [6, 6.07) is 12.2. The van der Waals surface area contributed by atoms with Gasteiger partial charge in [-0.2, -0.15) is 0 Å². The number of benzene rings is 1. The fourth-order valence-electron chi connectivity index (χ4n) is 6.37. The van der Waals surface area contributed by atoms with Crippen molar-refractivity contribution in [1.29, 1.82) is 0 Å². The summed E-state index contributed by atoms with van der Waals surface area (Å²) < 4.78 is 42.9. The van der Waals surface area contributed by atoms with E-state index in [0.29, 0.717) is 35.5 Å². The Bertz CT molecular complexity index is 1950. The molecule has 44 heavy (non-hydrogen) atoms. The lowest BCUT2D eigenvalue weighted by molar-refractivity contribution is 0.0552. The standard InChI is InChI=1S/C30H37B3N6O4S/c1-17(2)43-29-23-24-21(14-20(15-34-24)26-28(30(31,32)33)36-37-38(26)3)39(27(23)22(16-35-29)44(4,40)41)25(18-8-6-5-7-9-18)19-10-12-42-13-11-19/h5-9,14-17,19,25H,10-13,31-33H2,1-4H3/t25-/m1/s1. The summed E-state index contributed by atoms with van der Waals surface area (Å²) in [6.45, 7) is 5.15. The lowest BCUT2D eigenvalue weighted by atomic mass is 9.41. The van der Waals surface area contributed by atoms with Crippen molar-refractivity contribution in [3.05, 3.63) is 60.0 Å². The van der Waals surface area contributed by atoms with Crippen LogP contribution in [0.5, 0.6) is 5.88 Å². The summed E-state index contributed by atoms with van der Waals surface area (Å²) in [5.74, 6) is 0.551. The van der Waals surface area contributed by atoms with E-state index in [9.17, 15) is 8.42 Å². The maximum atomic E-state index is 13.4. The monoisotopic (exact) mass is 610 g/mol. The van der Waals surface area contributed by atoms with Gasteiger partial charge in [0.25, 0.3) is 0 Å². The van der Waals surface area contributed by atoms with Gasteiger partial charge in [0.15, 0.2) is 9.84 Å². The maximum Gasteiger partial charge on any atom is 0.225 e. The van der Waals surface area contributed by atoms with E-state index in [1.54, 1.807) is 4.68 Å². The number of aryl methyl sites for hydroxylation is 1. The van der Waals surface area contributed by atoms with Crippen LogP contribution in [0, 0.1) is 5.92 Å². The third-order valence-corrected chi connectivity index (χ3v) is 9.37. The molecule has 1 aliphatic heterocycles. The van der Waals surface area contributed by atoms with E-state index in [1.807, 2.05) is 45.3 Å². The van der Waals surface area contributed by atoms with Crippen LogP contribution in [0.4, 0.5) is 0 Å². The molecule has 1 saturated heterocycles. The summed E-state index contributed by atoms with van der Waals surface area (Å²) in [7, 11) is 4.52. The SMILES string of the molecule is BC(B)(B)c1nnn(C)c1-c1cnc2c3c(OC(C)C)ncc(S(C)(=O)=O)c3n([C@H](c3ccccc3)C3CCOCC3)c2c1. The van der Waals surface area contributed by atoms with Crippen molar-refractivity contribution >= 4 is 55.3 Å². The van der Waals surface area contributed by atoms with Crippen LogP contribution in [0.15, 0.2) is 53.7 Å². The van der Waals surface area contributed by atoms with Gasteiger partial charge in [0.1, 0.15) is 10.4 Å². The van der Waals surface area contributed by atoms with Crippen LogP contribution in [0.2, 0.25) is 0 Å². The molecular formula is C30H37B3N6O4S. The molecule has 5 heterocycles. The van der Waals surface area contributed by atoms with Crippen LogP contribution in [0.3, 0.4) is 0 Å². The van der Waals surface area contributed by atoms with Gasteiger partial charge in [0.2, 0.25) is 5.88 Å². The maximum absolute atomic E-state index is 13.4.